The van der Waals surface area contributed by atoms with E-state index >= 15 is 0 Å². The lowest BCUT2D eigenvalue weighted by molar-refractivity contribution is -0.136. The number of rotatable bonds is 6. The van der Waals surface area contributed by atoms with Gasteiger partial charge in [-0.3, -0.25) is 9.59 Å². The molecule has 4 nitrogen and oxygen atoms in total. The highest BCUT2D eigenvalue weighted by Gasteiger charge is 2.33. The van der Waals surface area contributed by atoms with Crippen LogP contribution >= 0.6 is 0 Å². The normalized spacial score (nSPS) is 13.9. The Kier molecular flexibility index (Phi) is 4.71. The second kappa shape index (κ2) is 6.50. The molecule has 0 radical (unpaired) electrons. The van der Waals surface area contributed by atoms with Gasteiger partial charge in [-0.25, -0.2) is 4.39 Å². The molecule has 108 valence electrons. The first-order chi connectivity index (χ1) is 9.60. The number of amides is 2. The van der Waals surface area contributed by atoms with Crippen LogP contribution in [-0.2, 0) is 16.1 Å². The summed E-state index contributed by atoms with van der Waals surface area (Å²) in [7, 11) is 0. The minimum Gasteiger partial charge on any atom is -0.350 e. The SMILES string of the molecule is CCN(CC(=O)NCc1ccc(F)cc1)C(=O)C1CC1. The first-order valence-corrected chi connectivity index (χ1v) is 6.90. The highest BCUT2D eigenvalue weighted by Crippen LogP contribution is 2.30. The Morgan fingerprint density at radius 1 is 1.30 bits per heavy atom. The maximum absolute atomic E-state index is 12.7. The van der Waals surface area contributed by atoms with Crippen molar-refractivity contribution in [3.05, 3.63) is 35.6 Å². The van der Waals surface area contributed by atoms with Crippen molar-refractivity contribution in [2.75, 3.05) is 13.1 Å². The molecule has 2 amide bonds. The van der Waals surface area contributed by atoms with E-state index in [0.717, 1.165) is 18.4 Å². The molecule has 2 rings (SSSR count). The number of benzene rings is 1. The molecule has 1 aromatic rings. The first-order valence-electron chi connectivity index (χ1n) is 6.90. The molecular formula is C15H19FN2O2. The molecule has 0 atom stereocenters. The van der Waals surface area contributed by atoms with E-state index in [2.05, 4.69) is 5.32 Å². The Balaban J connectivity index is 1.79. The Labute approximate surface area is 118 Å². The molecule has 1 saturated carbocycles. The van der Waals surface area contributed by atoms with Crippen molar-refractivity contribution >= 4 is 11.8 Å². The van der Waals surface area contributed by atoms with Gasteiger partial charge in [0.2, 0.25) is 11.8 Å². The molecule has 0 bridgehead atoms. The number of carbonyl (C=O) groups is 2. The molecule has 20 heavy (non-hydrogen) atoms. The topological polar surface area (TPSA) is 49.4 Å². The van der Waals surface area contributed by atoms with Gasteiger partial charge >= 0.3 is 0 Å². The van der Waals surface area contributed by atoms with Crippen molar-refractivity contribution in [3.63, 3.8) is 0 Å². The molecule has 0 aliphatic heterocycles. The van der Waals surface area contributed by atoms with Gasteiger partial charge in [-0.15, -0.1) is 0 Å². The summed E-state index contributed by atoms with van der Waals surface area (Å²) in [5, 5.41) is 2.74. The molecule has 1 aromatic carbocycles. The van der Waals surface area contributed by atoms with Crippen molar-refractivity contribution in [2.24, 2.45) is 5.92 Å². The molecule has 5 heteroatoms. The summed E-state index contributed by atoms with van der Waals surface area (Å²) < 4.78 is 12.7. The van der Waals surface area contributed by atoms with Crippen LogP contribution in [0, 0.1) is 11.7 Å². The molecule has 0 spiro atoms. The van der Waals surface area contributed by atoms with Crippen LogP contribution in [0.15, 0.2) is 24.3 Å². The lowest BCUT2D eigenvalue weighted by Crippen LogP contribution is -2.41. The highest BCUT2D eigenvalue weighted by atomic mass is 19.1. The van der Waals surface area contributed by atoms with Crippen LogP contribution in [0.1, 0.15) is 25.3 Å². The van der Waals surface area contributed by atoms with E-state index in [1.54, 1.807) is 17.0 Å². The number of hydrogen-bond acceptors (Lipinski definition) is 2. The molecule has 0 heterocycles. The van der Waals surface area contributed by atoms with Crippen molar-refractivity contribution in [2.45, 2.75) is 26.3 Å². The van der Waals surface area contributed by atoms with Crippen LogP contribution in [-0.4, -0.2) is 29.8 Å². The minimum absolute atomic E-state index is 0.0735. The fraction of sp³-hybridized carbons (Fsp3) is 0.467. The third kappa shape index (κ3) is 4.05. The molecule has 1 N–H and O–H groups in total. The van der Waals surface area contributed by atoms with E-state index in [-0.39, 0.29) is 30.1 Å². The molecule has 1 aliphatic carbocycles. The summed E-state index contributed by atoms with van der Waals surface area (Å²) in [4.78, 5) is 25.3. The van der Waals surface area contributed by atoms with E-state index < -0.39 is 0 Å². The number of likely N-dealkylation sites (N-methyl/N-ethyl adjacent to an activating group) is 1. The van der Waals surface area contributed by atoms with Crippen LogP contribution in [0.5, 0.6) is 0 Å². The average Bonchev–Trinajstić information content (AvgIpc) is 3.28. The monoisotopic (exact) mass is 278 g/mol. The number of nitrogens with one attached hydrogen (secondary N) is 1. The van der Waals surface area contributed by atoms with Gasteiger partial charge in [0, 0.05) is 19.0 Å². The number of carbonyl (C=O) groups excluding carboxylic acids is 2. The van der Waals surface area contributed by atoms with Gasteiger partial charge in [0.1, 0.15) is 5.82 Å². The second-order valence-electron chi connectivity index (χ2n) is 5.03. The van der Waals surface area contributed by atoms with E-state index in [4.69, 9.17) is 0 Å². The van der Waals surface area contributed by atoms with Crippen LogP contribution < -0.4 is 5.32 Å². The smallest absolute Gasteiger partial charge is 0.239 e. The van der Waals surface area contributed by atoms with Crippen LogP contribution in [0.25, 0.3) is 0 Å². The Hall–Kier alpha value is -1.91. The van der Waals surface area contributed by atoms with Gasteiger partial charge in [0.05, 0.1) is 6.54 Å². The van der Waals surface area contributed by atoms with E-state index in [0.29, 0.717) is 13.1 Å². The van der Waals surface area contributed by atoms with Crippen molar-refractivity contribution in [3.8, 4) is 0 Å². The minimum atomic E-state index is -0.299. The van der Waals surface area contributed by atoms with Gasteiger partial charge in [-0.1, -0.05) is 12.1 Å². The summed E-state index contributed by atoms with van der Waals surface area (Å²) in [6.07, 6.45) is 1.87. The maximum Gasteiger partial charge on any atom is 0.239 e. The van der Waals surface area contributed by atoms with E-state index in [1.807, 2.05) is 6.92 Å². The molecule has 0 aromatic heterocycles. The fourth-order valence-corrected chi connectivity index (χ4v) is 1.97. The van der Waals surface area contributed by atoms with Gasteiger partial charge in [-0.2, -0.15) is 0 Å². The third-order valence-electron chi connectivity index (χ3n) is 3.36. The maximum atomic E-state index is 12.7. The van der Waals surface area contributed by atoms with Crippen molar-refractivity contribution in [1.82, 2.24) is 10.2 Å². The first kappa shape index (κ1) is 14.5. The van der Waals surface area contributed by atoms with Gasteiger partial charge in [0.15, 0.2) is 0 Å². The summed E-state index contributed by atoms with van der Waals surface area (Å²) in [5.74, 6) is -0.290. The summed E-state index contributed by atoms with van der Waals surface area (Å²) in [6, 6.07) is 5.97. The van der Waals surface area contributed by atoms with Gasteiger partial charge < -0.3 is 10.2 Å². The number of nitrogens with zero attached hydrogens (tertiary/aromatic N) is 1. The summed E-state index contributed by atoms with van der Waals surface area (Å²) >= 11 is 0. The lowest BCUT2D eigenvalue weighted by Gasteiger charge is -2.20. The predicted octanol–water partition coefficient (Wildman–Crippen LogP) is 1.70. The lowest BCUT2D eigenvalue weighted by atomic mass is 10.2. The molecule has 1 aliphatic rings. The quantitative estimate of drug-likeness (QED) is 0.861. The zero-order valence-electron chi connectivity index (χ0n) is 11.6. The average molecular weight is 278 g/mol. The summed E-state index contributed by atoms with van der Waals surface area (Å²) in [5.41, 5.74) is 0.830. The zero-order chi connectivity index (χ0) is 14.5. The fourth-order valence-electron chi connectivity index (χ4n) is 1.97. The van der Waals surface area contributed by atoms with Crippen LogP contribution in [0.4, 0.5) is 4.39 Å². The predicted molar refractivity (Wildman–Crippen MR) is 73.2 cm³/mol. The van der Waals surface area contributed by atoms with Crippen molar-refractivity contribution < 1.29 is 14.0 Å². The van der Waals surface area contributed by atoms with Gasteiger partial charge in [0.25, 0.3) is 0 Å². The van der Waals surface area contributed by atoms with Crippen LogP contribution in [0.2, 0.25) is 0 Å². The Bertz CT molecular complexity index is 483. The second-order valence-corrected chi connectivity index (χ2v) is 5.03. The Morgan fingerprint density at radius 2 is 1.95 bits per heavy atom. The van der Waals surface area contributed by atoms with E-state index in [1.165, 1.54) is 12.1 Å². The number of hydrogen-bond donors (Lipinski definition) is 1. The van der Waals surface area contributed by atoms with Gasteiger partial charge in [-0.05, 0) is 37.5 Å². The standard InChI is InChI=1S/C15H19FN2O2/c1-2-18(15(20)12-5-6-12)10-14(19)17-9-11-3-7-13(16)8-4-11/h3-4,7-8,12H,2,5-6,9-10H2,1H3,(H,17,19). The molecule has 0 unspecified atom stereocenters. The zero-order valence-corrected chi connectivity index (χ0v) is 11.6. The highest BCUT2D eigenvalue weighted by molar-refractivity contribution is 5.87. The summed E-state index contributed by atoms with van der Waals surface area (Å²) in [6.45, 7) is 2.84. The third-order valence-corrected chi connectivity index (χ3v) is 3.36. The molecule has 1 fully saturated rings. The molecule has 0 saturated heterocycles. The number of halogens is 1. The largest absolute Gasteiger partial charge is 0.350 e. The van der Waals surface area contributed by atoms with Crippen molar-refractivity contribution in [1.29, 1.82) is 0 Å². The van der Waals surface area contributed by atoms with Crippen LogP contribution in [0.3, 0.4) is 0 Å². The Morgan fingerprint density at radius 3 is 2.50 bits per heavy atom. The van der Waals surface area contributed by atoms with E-state index in [9.17, 15) is 14.0 Å². The molecular weight excluding hydrogens is 259 g/mol.